The zero-order valence-corrected chi connectivity index (χ0v) is 35.6. The number of nitrogens with zero attached hydrogens (tertiary/aromatic N) is 2. The fraction of sp³-hybridized carbons (Fsp3) is 0.319. The molecule has 3 atom stereocenters. The lowest BCUT2D eigenvalue weighted by molar-refractivity contribution is -0.145. The lowest BCUT2D eigenvalue weighted by Gasteiger charge is -2.39. The van der Waals surface area contributed by atoms with E-state index < -0.39 is 24.0 Å². The summed E-state index contributed by atoms with van der Waals surface area (Å²) in [4.78, 5) is 47.1. The molecule has 1 fully saturated rings. The number of ether oxygens (including phenoxy) is 5. The molecule has 8 rings (SSSR count). The number of esters is 1. The van der Waals surface area contributed by atoms with E-state index in [-0.39, 0.29) is 44.2 Å². The van der Waals surface area contributed by atoms with Crippen molar-refractivity contribution in [2.75, 3.05) is 13.7 Å². The maximum Gasteiger partial charge on any atom is 0.328 e. The highest BCUT2D eigenvalue weighted by molar-refractivity contribution is 6.42. The summed E-state index contributed by atoms with van der Waals surface area (Å²) in [6.07, 6.45) is 4.48. The Morgan fingerprint density at radius 1 is 0.885 bits per heavy atom. The molecule has 5 aromatic rings. The van der Waals surface area contributed by atoms with Crippen LogP contribution in [0.1, 0.15) is 64.4 Å². The summed E-state index contributed by atoms with van der Waals surface area (Å²) in [6, 6.07) is 23.7. The van der Waals surface area contributed by atoms with Crippen molar-refractivity contribution < 1.29 is 38.1 Å². The Balaban J connectivity index is 0.953. The van der Waals surface area contributed by atoms with Gasteiger partial charge in [0, 0.05) is 42.9 Å². The van der Waals surface area contributed by atoms with E-state index in [2.05, 4.69) is 15.6 Å². The Bertz CT molecular complexity index is 2430. The molecule has 4 aromatic carbocycles. The summed E-state index contributed by atoms with van der Waals surface area (Å²) < 4.78 is 29.9. The van der Waals surface area contributed by atoms with Crippen molar-refractivity contribution in [3.8, 4) is 28.7 Å². The first-order chi connectivity index (χ1) is 29.5. The third-order valence-electron chi connectivity index (χ3n) is 11.5. The molecular weight excluding hydrogens is 819 g/mol. The lowest BCUT2D eigenvalue weighted by Crippen LogP contribution is -2.59. The van der Waals surface area contributed by atoms with Crippen LogP contribution in [0.15, 0.2) is 91.1 Å². The predicted molar refractivity (Wildman–Crippen MR) is 230 cm³/mol. The number of urea groups is 1. The minimum atomic E-state index is -1.01. The molecule has 1 unspecified atom stereocenters. The molecule has 0 bridgehead atoms. The van der Waals surface area contributed by atoms with Crippen LogP contribution >= 0.6 is 23.2 Å². The molecular formula is C47H46Cl2N4O8. The minimum Gasteiger partial charge on any atom is -0.489 e. The number of benzene rings is 4. The van der Waals surface area contributed by atoms with E-state index in [9.17, 15) is 14.4 Å². The molecule has 3 amide bonds. The molecule has 3 heterocycles. The Kier molecular flexibility index (Phi) is 12.5. The van der Waals surface area contributed by atoms with Gasteiger partial charge in [-0.2, -0.15) is 0 Å². The van der Waals surface area contributed by atoms with E-state index in [0.717, 1.165) is 58.3 Å². The van der Waals surface area contributed by atoms with E-state index in [1.54, 1.807) is 23.2 Å². The van der Waals surface area contributed by atoms with Crippen LogP contribution in [0.3, 0.4) is 0 Å². The van der Waals surface area contributed by atoms with Gasteiger partial charge in [-0.3, -0.25) is 9.78 Å². The molecule has 12 nitrogen and oxygen atoms in total. The molecule has 3 aliphatic rings. The number of carbonyl (C=O) groups is 3. The molecule has 0 saturated heterocycles. The number of hydrogen-bond donors (Lipinski definition) is 2. The van der Waals surface area contributed by atoms with Gasteiger partial charge in [-0.25, -0.2) is 9.59 Å². The quantitative estimate of drug-likeness (QED) is 0.118. The van der Waals surface area contributed by atoms with Crippen LogP contribution in [0, 0.1) is 13.8 Å². The van der Waals surface area contributed by atoms with Crippen LogP contribution in [0.5, 0.6) is 28.7 Å². The predicted octanol–water partition coefficient (Wildman–Crippen LogP) is 8.78. The highest BCUT2D eigenvalue weighted by Crippen LogP contribution is 2.41. The fourth-order valence-electron chi connectivity index (χ4n) is 7.54. The smallest absolute Gasteiger partial charge is 0.328 e. The Hall–Kier alpha value is -5.98. The molecule has 1 aromatic heterocycles. The summed E-state index contributed by atoms with van der Waals surface area (Å²) in [5.74, 6) is 2.04. The van der Waals surface area contributed by atoms with E-state index >= 15 is 0 Å². The zero-order chi connectivity index (χ0) is 42.6. The van der Waals surface area contributed by atoms with Crippen molar-refractivity contribution in [1.82, 2.24) is 20.5 Å². The second-order valence-electron chi connectivity index (χ2n) is 15.6. The largest absolute Gasteiger partial charge is 0.489 e. The molecule has 14 heteroatoms. The Labute approximate surface area is 364 Å². The van der Waals surface area contributed by atoms with Gasteiger partial charge in [0.1, 0.15) is 42.5 Å². The average Bonchev–Trinajstić information content (AvgIpc) is 3.25. The zero-order valence-electron chi connectivity index (χ0n) is 34.0. The van der Waals surface area contributed by atoms with Gasteiger partial charge in [-0.15, -0.1) is 0 Å². The number of pyridine rings is 1. The fourth-order valence-corrected chi connectivity index (χ4v) is 7.86. The number of aromatic nitrogens is 1. The minimum absolute atomic E-state index is 0.0487. The van der Waals surface area contributed by atoms with Crippen molar-refractivity contribution >= 4 is 41.1 Å². The molecule has 61 heavy (non-hydrogen) atoms. The molecule has 2 aliphatic heterocycles. The summed E-state index contributed by atoms with van der Waals surface area (Å²) >= 11 is 12.2. The number of methoxy groups -OCH3 is 1. The van der Waals surface area contributed by atoms with E-state index in [1.165, 1.54) is 7.11 Å². The highest BCUT2D eigenvalue weighted by Gasteiger charge is 2.39. The first-order valence-corrected chi connectivity index (χ1v) is 21.0. The van der Waals surface area contributed by atoms with Crippen molar-refractivity contribution in [2.24, 2.45) is 0 Å². The van der Waals surface area contributed by atoms with E-state index in [4.69, 9.17) is 46.9 Å². The van der Waals surface area contributed by atoms with E-state index in [1.807, 2.05) is 86.6 Å². The van der Waals surface area contributed by atoms with Crippen LogP contribution in [0.2, 0.25) is 10.0 Å². The second-order valence-corrected chi connectivity index (χ2v) is 16.4. The maximum absolute atomic E-state index is 14.2. The summed E-state index contributed by atoms with van der Waals surface area (Å²) in [6.45, 7) is 4.63. The lowest BCUT2D eigenvalue weighted by atomic mass is 9.91. The standard InChI is InChI=1S/C47H46Cl2N4O8/c1-27-28(2)50-18-17-41(27)60-36-12-7-29(8-13-36)20-39(46(55)57-3)52-45(54)40-21-32-22-42-43(23-33(32)24-53(40)47(56)51-34-5-4-6-34)61-44(26-59-42)31-10-14-35(15-11-31)58-25-30-9-16-37(48)38(49)19-30/h7-19,22-23,34,39-40,44H,4-6,20-21,24-26H2,1-3H3,(H,51,56)(H,52,54)/t39?,40-,44+/m0/s1. The normalized spacial score (nSPS) is 17.3. The molecule has 1 saturated carbocycles. The summed E-state index contributed by atoms with van der Waals surface area (Å²) in [5, 5.41) is 6.98. The average molecular weight is 866 g/mol. The van der Waals surface area contributed by atoms with Crippen LogP contribution in [0.4, 0.5) is 4.79 Å². The van der Waals surface area contributed by atoms with Gasteiger partial charge < -0.3 is 39.2 Å². The van der Waals surface area contributed by atoms with Gasteiger partial charge in [-0.05, 0) is 116 Å². The summed E-state index contributed by atoms with van der Waals surface area (Å²) in [5.41, 5.74) is 6.10. The van der Waals surface area contributed by atoms with Gasteiger partial charge in [0.25, 0.3) is 0 Å². The van der Waals surface area contributed by atoms with Gasteiger partial charge in [0.05, 0.1) is 17.2 Å². The Morgan fingerprint density at radius 3 is 2.34 bits per heavy atom. The van der Waals surface area contributed by atoms with Crippen LogP contribution < -0.4 is 29.6 Å². The van der Waals surface area contributed by atoms with Crippen molar-refractivity contribution in [3.63, 3.8) is 0 Å². The number of fused-ring (bicyclic) bond motifs is 2. The number of hydrogen-bond acceptors (Lipinski definition) is 9. The van der Waals surface area contributed by atoms with Crippen molar-refractivity contribution in [3.05, 3.63) is 140 Å². The number of carbonyl (C=O) groups excluding carboxylic acids is 3. The monoisotopic (exact) mass is 864 g/mol. The SMILES string of the molecule is COC(=O)C(Cc1ccc(Oc2ccnc(C)c2C)cc1)NC(=O)[C@@H]1Cc2cc3c(cc2CN1C(=O)NC1CCC1)O[C@@H](c1ccc(OCc2ccc(Cl)c(Cl)c2)cc1)CO3. The molecule has 1 aliphatic carbocycles. The topological polar surface area (TPSA) is 138 Å². The molecule has 0 spiro atoms. The van der Waals surface area contributed by atoms with E-state index in [0.29, 0.717) is 45.4 Å². The second kappa shape index (κ2) is 18.3. The molecule has 0 radical (unpaired) electrons. The van der Waals surface area contributed by atoms with Crippen LogP contribution in [0.25, 0.3) is 0 Å². The molecule has 2 N–H and O–H groups in total. The maximum atomic E-state index is 14.2. The van der Waals surface area contributed by atoms with Gasteiger partial charge in [-0.1, -0.05) is 53.5 Å². The first kappa shape index (κ1) is 41.7. The van der Waals surface area contributed by atoms with Crippen LogP contribution in [-0.2, 0) is 40.3 Å². The third-order valence-corrected chi connectivity index (χ3v) is 12.2. The third kappa shape index (κ3) is 9.66. The number of halogens is 2. The Morgan fingerprint density at radius 2 is 1.62 bits per heavy atom. The first-order valence-electron chi connectivity index (χ1n) is 20.3. The molecule has 316 valence electrons. The van der Waals surface area contributed by atoms with Gasteiger partial charge in [0.2, 0.25) is 5.91 Å². The number of nitrogens with one attached hydrogen (secondary N) is 2. The van der Waals surface area contributed by atoms with Gasteiger partial charge in [0.15, 0.2) is 17.6 Å². The van der Waals surface area contributed by atoms with Gasteiger partial charge >= 0.3 is 12.0 Å². The highest BCUT2D eigenvalue weighted by atomic mass is 35.5. The van der Waals surface area contributed by atoms with Crippen LogP contribution in [-0.4, -0.2) is 59.6 Å². The van der Waals surface area contributed by atoms with Crippen molar-refractivity contribution in [2.45, 2.75) is 83.3 Å². The summed E-state index contributed by atoms with van der Waals surface area (Å²) in [7, 11) is 1.28. The number of aryl methyl sites for hydroxylation is 1. The number of rotatable bonds is 12. The number of amides is 3. The van der Waals surface area contributed by atoms with Crippen molar-refractivity contribution in [1.29, 1.82) is 0 Å².